The molecule has 0 spiro atoms. The van der Waals surface area contributed by atoms with E-state index in [4.69, 9.17) is 4.74 Å². The topological polar surface area (TPSA) is 21.3 Å². The van der Waals surface area contributed by atoms with Crippen molar-refractivity contribution in [1.29, 1.82) is 0 Å². The molecule has 1 rings (SSSR count). The fourth-order valence-corrected chi connectivity index (χ4v) is 1.62. The lowest BCUT2D eigenvalue weighted by Crippen LogP contribution is -2.20. The molecule has 0 aromatic heterocycles. The largest absolute Gasteiger partial charge is 0.376 e. The van der Waals surface area contributed by atoms with Gasteiger partial charge in [0, 0.05) is 13.1 Å². The monoisotopic (exact) mass is 233 g/mol. The first kappa shape index (κ1) is 13.9. The van der Waals surface area contributed by atoms with Crippen molar-refractivity contribution in [3.63, 3.8) is 0 Å². The van der Waals surface area contributed by atoms with Crippen molar-refractivity contribution < 1.29 is 4.74 Å². The van der Waals surface area contributed by atoms with Crippen LogP contribution in [-0.2, 0) is 11.3 Å². The van der Waals surface area contributed by atoms with Crippen LogP contribution in [0.2, 0.25) is 0 Å². The summed E-state index contributed by atoms with van der Waals surface area (Å²) in [6, 6.07) is 6.43. The number of ether oxygens (including phenoxy) is 1. The van der Waals surface area contributed by atoms with E-state index in [1.807, 2.05) is 6.92 Å². The second kappa shape index (κ2) is 7.25. The molecule has 0 radical (unpaired) electrons. The van der Waals surface area contributed by atoms with E-state index in [0.29, 0.717) is 6.61 Å². The summed E-state index contributed by atoms with van der Waals surface area (Å²) < 4.78 is 5.42. The van der Waals surface area contributed by atoms with Gasteiger partial charge in [-0.3, -0.25) is 0 Å². The molecule has 0 aliphatic rings. The zero-order valence-corrected chi connectivity index (χ0v) is 11.2. The average Bonchev–Trinajstić information content (AvgIpc) is 2.28. The molecule has 0 saturated heterocycles. The fourth-order valence-electron chi connectivity index (χ4n) is 1.62. The van der Waals surface area contributed by atoms with E-state index in [2.05, 4.69) is 43.9 Å². The second-order valence-electron chi connectivity index (χ2n) is 4.55. The maximum Gasteiger partial charge on any atom is 0.0672 e. The first-order valence-electron chi connectivity index (χ1n) is 6.09. The zero-order chi connectivity index (χ0) is 12.7. The minimum atomic E-state index is 0.658. The molecule has 0 unspecified atom stereocenters. The summed E-state index contributed by atoms with van der Waals surface area (Å²) in [4.78, 5) is 0. The van der Waals surface area contributed by atoms with Gasteiger partial charge >= 0.3 is 0 Å². The van der Waals surface area contributed by atoms with E-state index in [1.54, 1.807) is 0 Å². The first-order chi connectivity index (χ1) is 8.11. The van der Waals surface area contributed by atoms with Crippen LogP contribution in [0.25, 0.3) is 0 Å². The SMILES string of the molecule is C=C(C)COCCNCc1cccc(C)c1C. The molecule has 0 bridgehead atoms. The van der Waals surface area contributed by atoms with E-state index in [1.165, 1.54) is 16.7 Å². The van der Waals surface area contributed by atoms with Gasteiger partial charge in [0.25, 0.3) is 0 Å². The van der Waals surface area contributed by atoms with Crippen molar-refractivity contribution in [2.45, 2.75) is 27.3 Å². The minimum absolute atomic E-state index is 0.658. The van der Waals surface area contributed by atoms with E-state index in [-0.39, 0.29) is 0 Å². The Morgan fingerprint density at radius 3 is 2.82 bits per heavy atom. The van der Waals surface area contributed by atoms with Crippen LogP contribution in [0.1, 0.15) is 23.6 Å². The Balaban J connectivity index is 2.22. The molecule has 0 aliphatic carbocycles. The highest BCUT2D eigenvalue weighted by molar-refractivity contribution is 5.32. The van der Waals surface area contributed by atoms with Crippen molar-refractivity contribution in [1.82, 2.24) is 5.32 Å². The molecule has 17 heavy (non-hydrogen) atoms. The molecule has 1 aromatic rings. The quantitative estimate of drug-likeness (QED) is 0.577. The van der Waals surface area contributed by atoms with Crippen molar-refractivity contribution in [2.75, 3.05) is 19.8 Å². The summed E-state index contributed by atoms with van der Waals surface area (Å²) in [7, 11) is 0. The molecule has 0 saturated carbocycles. The fraction of sp³-hybridized carbons (Fsp3) is 0.467. The van der Waals surface area contributed by atoms with Crippen molar-refractivity contribution in [2.24, 2.45) is 0 Å². The highest BCUT2D eigenvalue weighted by Gasteiger charge is 1.99. The molecule has 0 fully saturated rings. The Morgan fingerprint density at radius 1 is 1.35 bits per heavy atom. The van der Waals surface area contributed by atoms with Crippen LogP contribution in [0.5, 0.6) is 0 Å². The van der Waals surface area contributed by atoms with Gasteiger partial charge in [-0.1, -0.05) is 30.4 Å². The van der Waals surface area contributed by atoms with E-state index >= 15 is 0 Å². The van der Waals surface area contributed by atoms with Crippen LogP contribution in [-0.4, -0.2) is 19.8 Å². The normalized spacial score (nSPS) is 10.5. The molecular formula is C15H23NO. The summed E-state index contributed by atoms with van der Waals surface area (Å²) in [5.74, 6) is 0. The molecule has 0 heterocycles. The van der Waals surface area contributed by atoms with Crippen LogP contribution in [0, 0.1) is 13.8 Å². The van der Waals surface area contributed by atoms with Gasteiger partial charge in [-0.15, -0.1) is 0 Å². The molecular weight excluding hydrogens is 210 g/mol. The highest BCUT2D eigenvalue weighted by atomic mass is 16.5. The Kier molecular flexibility index (Phi) is 5.95. The predicted molar refractivity (Wildman–Crippen MR) is 73.3 cm³/mol. The van der Waals surface area contributed by atoms with Crippen LogP contribution in [0.3, 0.4) is 0 Å². The van der Waals surface area contributed by atoms with Crippen LogP contribution >= 0.6 is 0 Å². The smallest absolute Gasteiger partial charge is 0.0672 e. The van der Waals surface area contributed by atoms with Gasteiger partial charge in [0.15, 0.2) is 0 Å². The summed E-state index contributed by atoms with van der Waals surface area (Å²) in [5, 5.41) is 3.39. The molecule has 0 atom stereocenters. The Bertz CT molecular complexity index is 371. The van der Waals surface area contributed by atoms with Gasteiger partial charge in [0.05, 0.1) is 13.2 Å². The lowest BCUT2D eigenvalue weighted by atomic mass is 10.0. The van der Waals surface area contributed by atoms with Crippen LogP contribution < -0.4 is 5.32 Å². The maximum absolute atomic E-state index is 5.42. The van der Waals surface area contributed by atoms with Gasteiger partial charge in [0.2, 0.25) is 0 Å². The predicted octanol–water partition coefficient (Wildman–Crippen LogP) is 2.99. The molecule has 1 N–H and O–H groups in total. The zero-order valence-electron chi connectivity index (χ0n) is 11.2. The van der Waals surface area contributed by atoms with Crippen LogP contribution in [0.4, 0.5) is 0 Å². The van der Waals surface area contributed by atoms with Gasteiger partial charge < -0.3 is 10.1 Å². The molecule has 2 nitrogen and oxygen atoms in total. The number of benzene rings is 1. The molecule has 1 aromatic carbocycles. The minimum Gasteiger partial charge on any atom is -0.376 e. The third-order valence-electron chi connectivity index (χ3n) is 2.80. The average molecular weight is 233 g/mol. The second-order valence-corrected chi connectivity index (χ2v) is 4.55. The van der Waals surface area contributed by atoms with E-state index < -0.39 is 0 Å². The molecule has 2 heteroatoms. The third-order valence-corrected chi connectivity index (χ3v) is 2.80. The molecule has 94 valence electrons. The van der Waals surface area contributed by atoms with Crippen molar-refractivity contribution in [3.8, 4) is 0 Å². The van der Waals surface area contributed by atoms with Crippen molar-refractivity contribution in [3.05, 3.63) is 47.0 Å². The Morgan fingerprint density at radius 2 is 2.12 bits per heavy atom. The number of hydrogen-bond donors (Lipinski definition) is 1. The Hall–Kier alpha value is -1.12. The summed E-state index contributed by atoms with van der Waals surface area (Å²) in [5.41, 5.74) is 5.16. The van der Waals surface area contributed by atoms with Crippen LogP contribution in [0.15, 0.2) is 30.4 Å². The van der Waals surface area contributed by atoms with Gasteiger partial charge in [0.1, 0.15) is 0 Å². The van der Waals surface area contributed by atoms with Crippen molar-refractivity contribution >= 4 is 0 Å². The van der Waals surface area contributed by atoms with Gasteiger partial charge in [-0.05, 0) is 37.5 Å². The van der Waals surface area contributed by atoms with E-state index in [0.717, 1.165) is 25.3 Å². The lowest BCUT2D eigenvalue weighted by Gasteiger charge is -2.10. The summed E-state index contributed by atoms with van der Waals surface area (Å²) >= 11 is 0. The lowest BCUT2D eigenvalue weighted by molar-refractivity contribution is 0.157. The first-order valence-corrected chi connectivity index (χ1v) is 6.09. The molecule has 0 aliphatic heterocycles. The highest BCUT2D eigenvalue weighted by Crippen LogP contribution is 2.11. The molecule has 0 amide bonds. The van der Waals surface area contributed by atoms with Gasteiger partial charge in [-0.25, -0.2) is 0 Å². The number of nitrogens with one attached hydrogen (secondary N) is 1. The standard InChI is InChI=1S/C15H23NO/c1-12(2)11-17-9-8-16-10-15-7-5-6-13(3)14(15)4/h5-7,16H,1,8-11H2,2-4H3. The number of hydrogen-bond acceptors (Lipinski definition) is 2. The number of aryl methyl sites for hydroxylation is 1. The summed E-state index contributed by atoms with van der Waals surface area (Å²) in [6.07, 6.45) is 0. The number of rotatable bonds is 7. The Labute approximate surface area is 105 Å². The van der Waals surface area contributed by atoms with Gasteiger partial charge in [-0.2, -0.15) is 0 Å². The maximum atomic E-state index is 5.42. The van der Waals surface area contributed by atoms with E-state index in [9.17, 15) is 0 Å². The summed E-state index contributed by atoms with van der Waals surface area (Å²) in [6.45, 7) is 13.3. The third kappa shape index (κ3) is 5.16.